The van der Waals surface area contributed by atoms with Gasteiger partial charge in [0.1, 0.15) is 13.2 Å². The van der Waals surface area contributed by atoms with Crippen molar-refractivity contribution in [2.75, 3.05) is 26.3 Å². The lowest BCUT2D eigenvalue weighted by molar-refractivity contribution is -0.385. The van der Waals surface area contributed by atoms with Crippen LogP contribution in [-0.2, 0) is 0 Å². The van der Waals surface area contributed by atoms with Crippen molar-refractivity contribution < 1.29 is 14.4 Å². The molecule has 0 N–H and O–H groups in total. The summed E-state index contributed by atoms with van der Waals surface area (Å²) in [5, 5.41) is 10.8. The Bertz CT molecular complexity index is 533. The van der Waals surface area contributed by atoms with Crippen molar-refractivity contribution in [3.05, 3.63) is 41.0 Å². The molecule has 0 saturated carbocycles. The highest BCUT2D eigenvalue weighted by Gasteiger charge is 2.33. The summed E-state index contributed by atoms with van der Waals surface area (Å²) in [6, 6.07) is 4.85. The molecular formula is C16H22N2O4. The van der Waals surface area contributed by atoms with Gasteiger partial charge < -0.3 is 9.47 Å². The van der Waals surface area contributed by atoms with E-state index >= 15 is 0 Å². The lowest BCUT2D eigenvalue weighted by atomic mass is 10.3. The van der Waals surface area contributed by atoms with Crippen LogP contribution in [0.1, 0.15) is 19.8 Å². The van der Waals surface area contributed by atoms with Crippen molar-refractivity contribution in [1.82, 2.24) is 4.90 Å². The molecule has 0 radical (unpaired) electrons. The van der Waals surface area contributed by atoms with E-state index in [9.17, 15) is 10.1 Å². The van der Waals surface area contributed by atoms with E-state index in [4.69, 9.17) is 9.47 Å². The zero-order valence-corrected chi connectivity index (χ0v) is 12.9. The van der Waals surface area contributed by atoms with E-state index in [1.54, 1.807) is 12.1 Å². The first-order valence-corrected chi connectivity index (χ1v) is 7.54. The van der Waals surface area contributed by atoms with E-state index in [0.29, 0.717) is 24.1 Å². The zero-order valence-electron chi connectivity index (χ0n) is 12.9. The van der Waals surface area contributed by atoms with Crippen LogP contribution < -0.4 is 9.47 Å². The lowest BCUT2D eigenvalue weighted by Gasteiger charge is -2.11. The lowest BCUT2D eigenvalue weighted by Crippen LogP contribution is -2.12. The number of hydrogen-bond donors (Lipinski definition) is 0. The third kappa shape index (κ3) is 4.46. The molecule has 1 saturated heterocycles. The normalized spacial score (nSPS) is 19.5. The maximum absolute atomic E-state index is 10.8. The summed E-state index contributed by atoms with van der Waals surface area (Å²) >= 11 is 0. The Balaban J connectivity index is 1.94. The Hall–Kier alpha value is -2.08. The van der Waals surface area contributed by atoms with Crippen LogP contribution in [0, 0.1) is 10.1 Å². The largest absolute Gasteiger partial charge is 0.488 e. The number of unbranched alkanes of at least 4 members (excludes halogenated alkanes) is 1. The molecule has 1 aliphatic heterocycles. The van der Waals surface area contributed by atoms with Crippen molar-refractivity contribution in [1.29, 1.82) is 0 Å². The van der Waals surface area contributed by atoms with Crippen molar-refractivity contribution in [3.63, 3.8) is 0 Å². The van der Waals surface area contributed by atoms with E-state index < -0.39 is 4.92 Å². The minimum absolute atomic E-state index is 0.0117. The minimum atomic E-state index is -0.447. The van der Waals surface area contributed by atoms with Gasteiger partial charge in [-0.05, 0) is 19.0 Å². The van der Waals surface area contributed by atoms with Gasteiger partial charge in [-0.25, -0.2) is 0 Å². The molecule has 1 fully saturated rings. The number of rotatable bonds is 10. The highest BCUT2D eigenvalue weighted by Crippen LogP contribution is 2.32. The molecule has 1 heterocycles. The molecule has 22 heavy (non-hydrogen) atoms. The third-order valence-electron chi connectivity index (χ3n) is 3.55. The van der Waals surface area contributed by atoms with Crippen LogP contribution in [0.15, 0.2) is 30.9 Å². The predicted molar refractivity (Wildman–Crippen MR) is 84.6 cm³/mol. The number of nitro benzene ring substituents is 1. The van der Waals surface area contributed by atoms with Crippen LogP contribution in [0.4, 0.5) is 5.69 Å². The van der Waals surface area contributed by atoms with E-state index in [0.717, 1.165) is 13.1 Å². The van der Waals surface area contributed by atoms with Crippen LogP contribution in [0.25, 0.3) is 0 Å². The third-order valence-corrected chi connectivity index (χ3v) is 3.55. The van der Waals surface area contributed by atoms with Gasteiger partial charge in [0.25, 0.3) is 5.69 Å². The zero-order chi connectivity index (χ0) is 15.9. The Morgan fingerprint density at radius 2 is 2.27 bits per heavy atom. The summed E-state index contributed by atoms with van der Waals surface area (Å²) < 4.78 is 11.2. The molecule has 1 aromatic carbocycles. The molecule has 0 aromatic heterocycles. The fraction of sp³-hybridized carbons (Fsp3) is 0.500. The Morgan fingerprint density at radius 1 is 1.45 bits per heavy atom. The second-order valence-electron chi connectivity index (χ2n) is 5.30. The second kappa shape index (κ2) is 7.79. The van der Waals surface area contributed by atoms with Gasteiger partial charge >= 0.3 is 0 Å². The maximum Gasteiger partial charge on any atom is 0.273 e. The van der Waals surface area contributed by atoms with Gasteiger partial charge in [-0.15, -0.1) is 0 Å². The highest BCUT2D eigenvalue weighted by atomic mass is 16.6. The maximum atomic E-state index is 10.8. The summed E-state index contributed by atoms with van der Waals surface area (Å²) in [4.78, 5) is 12.8. The average Bonchev–Trinajstić information content (AvgIpc) is 3.27. The van der Waals surface area contributed by atoms with E-state index in [1.807, 2.05) is 0 Å². The molecule has 2 unspecified atom stereocenters. The van der Waals surface area contributed by atoms with Gasteiger partial charge in [-0.2, -0.15) is 0 Å². The van der Waals surface area contributed by atoms with Gasteiger partial charge in [0.05, 0.1) is 17.0 Å². The van der Waals surface area contributed by atoms with Crippen LogP contribution in [0.2, 0.25) is 0 Å². The van der Waals surface area contributed by atoms with Crippen LogP contribution in [0.3, 0.4) is 0 Å². The number of ether oxygens (including phenoxy) is 2. The van der Waals surface area contributed by atoms with Crippen LogP contribution in [0.5, 0.6) is 11.5 Å². The molecule has 120 valence electrons. The molecule has 2 rings (SSSR count). The van der Waals surface area contributed by atoms with Crippen molar-refractivity contribution in [3.8, 4) is 11.5 Å². The second-order valence-corrected chi connectivity index (χ2v) is 5.30. The Labute approximate surface area is 130 Å². The summed E-state index contributed by atoms with van der Waals surface area (Å²) in [5.74, 6) is 0.921. The topological polar surface area (TPSA) is 64.6 Å². The molecule has 0 bridgehead atoms. The van der Waals surface area contributed by atoms with Crippen LogP contribution in [-0.4, -0.2) is 42.2 Å². The molecule has 0 aliphatic carbocycles. The molecular weight excluding hydrogens is 284 g/mol. The Morgan fingerprint density at radius 3 is 2.95 bits per heavy atom. The standard InChI is InChI=1S/C16H22N2O4/c1-3-5-8-17-11-14(17)12-22-15-7-6-13(18(19)20)10-16(15)21-9-4-2/h4,6-7,10,14H,2-3,5,8-9,11-12H2,1H3. The monoisotopic (exact) mass is 306 g/mol. The molecule has 0 spiro atoms. The number of benzene rings is 1. The van der Waals surface area contributed by atoms with Crippen molar-refractivity contribution in [2.45, 2.75) is 25.8 Å². The van der Waals surface area contributed by atoms with Gasteiger partial charge in [-0.3, -0.25) is 15.0 Å². The summed E-state index contributed by atoms with van der Waals surface area (Å²) in [6.07, 6.45) is 3.98. The predicted octanol–water partition coefficient (Wildman–Crippen LogP) is 3.02. The number of nitro groups is 1. The highest BCUT2D eigenvalue weighted by molar-refractivity contribution is 5.48. The molecule has 6 heteroatoms. The van der Waals surface area contributed by atoms with E-state index in [1.165, 1.54) is 25.0 Å². The molecule has 1 aliphatic rings. The first kappa shape index (κ1) is 16.3. The summed E-state index contributed by atoms with van der Waals surface area (Å²) in [5.41, 5.74) is -0.0117. The van der Waals surface area contributed by atoms with Crippen molar-refractivity contribution in [2.24, 2.45) is 0 Å². The quantitative estimate of drug-likeness (QED) is 0.288. The summed E-state index contributed by atoms with van der Waals surface area (Å²) in [6.45, 7) is 8.76. The molecule has 1 aromatic rings. The van der Waals surface area contributed by atoms with E-state index in [-0.39, 0.29) is 12.3 Å². The first-order valence-electron chi connectivity index (χ1n) is 7.54. The smallest absolute Gasteiger partial charge is 0.273 e. The van der Waals surface area contributed by atoms with Gasteiger partial charge in [-0.1, -0.05) is 26.0 Å². The number of hydrogen-bond acceptors (Lipinski definition) is 5. The van der Waals surface area contributed by atoms with Crippen LogP contribution >= 0.6 is 0 Å². The fourth-order valence-electron chi connectivity index (χ4n) is 2.19. The molecule has 2 atom stereocenters. The number of non-ortho nitro benzene ring substituents is 1. The Kier molecular flexibility index (Phi) is 5.77. The molecule has 6 nitrogen and oxygen atoms in total. The van der Waals surface area contributed by atoms with Gasteiger partial charge in [0.15, 0.2) is 11.5 Å². The van der Waals surface area contributed by atoms with Gasteiger partial charge in [0.2, 0.25) is 0 Å². The number of nitrogens with zero attached hydrogens (tertiary/aromatic N) is 2. The minimum Gasteiger partial charge on any atom is -0.488 e. The average molecular weight is 306 g/mol. The summed E-state index contributed by atoms with van der Waals surface area (Å²) in [7, 11) is 0. The SMILES string of the molecule is C=CCOc1cc([N+](=O)[O-])ccc1OCC1CN1CCCC. The first-order chi connectivity index (χ1) is 10.7. The van der Waals surface area contributed by atoms with E-state index in [2.05, 4.69) is 18.4 Å². The van der Waals surface area contributed by atoms with Gasteiger partial charge in [0, 0.05) is 12.6 Å². The molecule has 0 amide bonds. The fourth-order valence-corrected chi connectivity index (χ4v) is 2.19. The van der Waals surface area contributed by atoms with Crippen molar-refractivity contribution >= 4 is 5.69 Å².